The molecule has 2 aromatic heterocycles. The van der Waals surface area contributed by atoms with Gasteiger partial charge in [0.05, 0.1) is 4.34 Å². The average Bonchev–Trinajstić information content (AvgIpc) is 3.00. The molecule has 3 rings (SSSR count). The van der Waals surface area contributed by atoms with Gasteiger partial charge in [0.1, 0.15) is 0 Å². The first-order valence-corrected chi connectivity index (χ1v) is 8.37. The van der Waals surface area contributed by atoms with Crippen LogP contribution < -0.4 is 5.32 Å². The van der Waals surface area contributed by atoms with Crippen molar-refractivity contribution in [3.05, 3.63) is 42.7 Å². The zero-order valence-corrected chi connectivity index (χ0v) is 12.7. The summed E-state index contributed by atoms with van der Waals surface area (Å²) in [5, 5.41) is 5.71. The maximum atomic E-state index is 5.96. The second-order valence-electron chi connectivity index (χ2n) is 4.80. The van der Waals surface area contributed by atoms with E-state index in [1.807, 2.05) is 11.3 Å². The minimum absolute atomic E-state index is 0.366. The van der Waals surface area contributed by atoms with Crippen molar-refractivity contribution >= 4 is 34.3 Å². The molecular weight excluding hydrogens is 282 g/mol. The van der Waals surface area contributed by atoms with Gasteiger partial charge in [-0.15, -0.1) is 22.7 Å². The summed E-state index contributed by atoms with van der Waals surface area (Å²) in [6.07, 6.45) is 3.91. The molecule has 0 spiro atoms. The fourth-order valence-corrected chi connectivity index (χ4v) is 4.60. The Hall–Kier alpha value is -0.350. The number of halogens is 1. The normalized spacial score (nSPS) is 15.9. The van der Waals surface area contributed by atoms with Gasteiger partial charge in [-0.3, -0.25) is 0 Å². The summed E-state index contributed by atoms with van der Waals surface area (Å²) >= 11 is 9.55. The van der Waals surface area contributed by atoms with E-state index in [1.54, 1.807) is 21.8 Å². The summed E-state index contributed by atoms with van der Waals surface area (Å²) in [4.78, 5) is 3.07. The molecule has 96 valence electrons. The van der Waals surface area contributed by atoms with Crippen LogP contribution in [0, 0.1) is 0 Å². The highest BCUT2D eigenvalue weighted by Gasteiger charge is 2.15. The molecule has 1 N–H and O–H groups in total. The average molecular weight is 298 g/mol. The van der Waals surface area contributed by atoms with Crippen molar-refractivity contribution in [2.24, 2.45) is 0 Å². The summed E-state index contributed by atoms with van der Waals surface area (Å²) in [7, 11) is 0. The summed E-state index contributed by atoms with van der Waals surface area (Å²) in [6.45, 7) is 3.16. The second kappa shape index (κ2) is 5.33. The summed E-state index contributed by atoms with van der Waals surface area (Å²) in [5.74, 6) is 0. The largest absolute Gasteiger partial charge is 0.305 e. The molecule has 0 saturated heterocycles. The Bertz CT molecular complexity index is 522. The van der Waals surface area contributed by atoms with E-state index in [0.29, 0.717) is 6.04 Å². The number of rotatable bonds is 4. The molecule has 0 radical (unpaired) electrons. The number of nitrogens with one attached hydrogen (secondary N) is 1. The number of thiophene rings is 2. The topological polar surface area (TPSA) is 12.0 Å². The molecule has 0 aliphatic heterocycles. The third-order valence-electron chi connectivity index (χ3n) is 3.47. The van der Waals surface area contributed by atoms with Gasteiger partial charge in [-0.2, -0.15) is 0 Å². The smallest absolute Gasteiger partial charge is 0.0931 e. The maximum absolute atomic E-state index is 5.96. The van der Waals surface area contributed by atoms with Crippen molar-refractivity contribution in [3.8, 4) is 0 Å². The van der Waals surface area contributed by atoms with Crippen molar-refractivity contribution in [1.29, 1.82) is 0 Å². The van der Waals surface area contributed by atoms with Gasteiger partial charge >= 0.3 is 0 Å². The molecule has 1 aliphatic rings. The Morgan fingerprint density at radius 1 is 1.39 bits per heavy atom. The summed E-state index contributed by atoms with van der Waals surface area (Å²) in [6, 6.07) is 4.80. The molecule has 1 aliphatic carbocycles. The van der Waals surface area contributed by atoms with Crippen LogP contribution >= 0.6 is 34.3 Å². The number of hydrogen-bond acceptors (Lipinski definition) is 3. The molecule has 2 heterocycles. The van der Waals surface area contributed by atoms with Crippen LogP contribution in [0.15, 0.2) is 17.5 Å². The van der Waals surface area contributed by atoms with E-state index in [2.05, 4.69) is 29.8 Å². The Morgan fingerprint density at radius 3 is 3.00 bits per heavy atom. The fourth-order valence-electron chi connectivity index (χ4n) is 2.40. The Kier molecular flexibility index (Phi) is 3.76. The van der Waals surface area contributed by atoms with Crippen LogP contribution in [0.4, 0.5) is 0 Å². The van der Waals surface area contributed by atoms with Crippen LogP contribution in [0.2, 0.25) is 4.34 Å². The van der Waals surface area contributed by atoms with Crippen molar-refractivity contribution in [2.45, 2.75) is 38.8 Å². The van der Waals surface area contributed by atoms with Gasteiger partial charge in [-0.05, 0) is 54.8 Å². The third-order valence-corrected chi connectivity index (χ3v) is 5.81. The first-order valence-electron chi connectivity index (χ1n) is 6.30. The molecule has 1 atom stereocenters. The minimum Gasteiger partial charge on any atom is -0.305 e. The van der Waals surface area contributed by atoms with Crippen LogP contribution in [0.25, 0.3) is 0 Å². The highest BCUT2D eigenvalue weighted by molar-refractivity contribution is 7.14. The zero-order valence-electron chi connectivity index (χ0n) is 10.3. The number of fused-ring (bicyclic) bond motifs is 1. The molecule has 0 bridgehead atoms. The Morgan fingerprint density at radius 2 is 2.28 bits per heavy atom. The highest BCUT2D eigenvalue weighted by Crippen LogP contribution is 2.31. The second-order valence-corrected chi connectivity index (χ2v) is 7.57. The van der Waals surface area contributed by atoms with E-state index < -0.39 is 0 Å². The van der Waals surface area contributed by atoms with Crippen molar-refractivity contribution in [3.63, 3.8) is 0 Å². The van der Waals surface area contributed by atoms with Crippen molar-refractivity contribution in [2.75, 3.05) is 0 Å². The van der Waals surface area contributed by atoms with Gasteiger partial charge in [0.15, 0.2) is 0 Å². The standard InChI is InChI=1S/C14H16ClNS2/c1-9(11-6-14(15)17-8-11)16-7-12-5-10-3-2-4-13(10)18-12/h5-6,8-9,16H,2-4,7H2,1H3. The monoisotopic (exact) mass is 297 g/mol. The van der Waals surface area contributed by atoms with Crippen LogP contribution in [-0.2, 0) is 19.4 Å². The molecule has 1 unspecified atom stereocenters. The number of hydrogen-bond donors (Lipinski definition) is 1. The molecule has 0 fully saturated rings. The summed E-state index contributed by atoms with van der Waals surface area (Å²) < 4.78 is 0.869. The van der Waals surface area contributed by atoms with Gasteiger partial charge in [-0.1, -0.05) is 11.6 Å². The first-order chi connectivity index (χ1) is 8.72. The van der Waals surface area contributed by atoms with Crippen LogP contribution in [0.1, 0.15) is 40.3 Å². The maximum Gasteiger partial charge on any atom is 0.0931 e. The fraction of sp³-hybridized carbons (Fsp3) is 0.429. The highest BCUT2D eigenvalue weighted by atomic mass is 35.5. The van der Waals surface area contributed by atoms with E-state index in [4.69, 9.17) is 11.6 Å². The molecule has 0 saturated carbocycles. The van der Waals surface area contributed by atoms with E-state index >= 15 is 0 Å². The van der Waals surface area contributed by atoms with Gasteiger partial charge in [0, 0.05) is 22.3 Å². The van der Waals surface area contributed by atoms with Crippen LogP contribution in [0.3, 0.4) is 0 Å². The predicted molar refractivity (Wildman–Crippen MR) is 80.9 cm³/mol. The van der Waals surface area contributed by atoms with E-state index in [-0.39, 0.29) is 0 Å². The van der Waals surface area contributed by atoms with E-state index in [0.717, 1.165) is 10.9 Å². The lowest BCUT2D eigenvalue weighted by atomic mass is 10.2. The molecule has 0 amide bonds. The minimum atomic E-state index is 0.366. The van der Waals surface area contributed by atoms with Crippen LogP contribution in [-0.4, -0.2) is 0 Å². The lowest BCUT2D eigenvalue weighted by molar-refractivity contribution is 0.580. The SMILES string of the molecule is CC(NCc1cc2c(s1)CCC2)c1csc(Cl)c1. The van der Waals surface area contributed by atoms with Crippen molar-refractivity contribution in [1.82, 2.24) is 5.32 Å². The number of aryl methyl sites for hydroxylation is 2. The van der Waals surface area contributed by atoms with Crippen LogP contribution in [0.5, 0.6) is 0 Å². The van der Waals surface area contributed by atoms with Gasteiger partial charge < -0.3 is 5.32 Å². The molecular formula is C14H16ClNS2. The molecule has 1 nitrogen and oxygen atoms in total. The summed E-state index contributed by atoms with van der Waals surface area (Å²) in [5.41, 5.74) is 2.87. The van der Waals surface area contributed by atoms with Gasteiger partial charge in [-0.25, -0.2) is 0 Å². The lowest BCUT2D eigenvalue weighted by Gasteiger charge is -2.11. The Balaban J connectivity index is 1.60. The Labute approximate surface area is 121 Å². The van der Waals surface area contributed by atoms with Crippen molar-refractivity contribution < 1.29 is 0 Å². The lowest BCUT2D eigenvalue weighted by Crippen LogP contribution is -2.16. The third kappa shape index (κ3) is 2.64. The molecule has 4 heteroatoms. The molecule has 18 heavy (non-hydrogen) atoms. The van der Waals surface area contributed by atoms with E-state index in [9.17, 15) is 0 Å². The quantitative estimate of drug-likeness (QED) is 0.854. The van der Waals surface area contributed by atoms with Gasteiger partial charge in [0.25, 0.3) is 0 Å². The zero-order chi connectivity index (χ0) is 12.5. The van der Waals surface area contributed by atoms with Gasteiger partial charge in [0.2, 0.25) is 0 Å². The predicted octanol–water partition coefficient (Wildman–Crippen LogP) is 4.80. The van der Waals surface area contributed by atoms with E-state index in [1.165, 1.54) is 29.7 Å². The first kappa shape index (κ1) is 12.7. The molecule has 0 aromatic carbocycles. The molecule has 2 aromatic rings.